The Hall–Kier alpha value is -2.12. The van der Waals surface area contributed by atoms with Gasteiger partial charge in [-0.15, -0.1) is 0 Å². The number of aryl methyl sites for hydroxylation is 1. The number of hydrogen-bond donors (Lipinski definition) is 0. The van der Waals surface area contributed by atoms with Gasteiger partial charge in [-0.25, -0.2) is 8.42 Å². The van der Waals surface area contributed by atoms with Crippen molar-refractivity contribution in [3.8, 4) is 0 Å². The summed E-state index contributed by atoms with van der Waals surface area (Å²) in [5.74, 6) is -0.0776. The number of furan rings is 1. The van der Waals surface area contributed by atoms with E-state index in [0.29, 0.717) is 13.1 Å². The van der Waals surface area contributed by atoms with Crippen LogP contribution in [0.1, 0.15) is 66.2 Å². The summed E-state index contributed by atoms with van der Waals surface area (Å²) < 4.78 is 32.8. The molecule has 0 spiro atoms. The lowest BCUT2D eigenvalue weighted by atomic mass is 10.1. The predicted octanol–water partition coefficient (Wildman–Crippen LogP) is 3.75. The Bertz CT molecular complexity index is 1020. The third-order valence-electron chi connectivity index (χ3n) is 6.31. The third kappa shape index (κ3) is 3.40. The van der Waals surface area contributed by atoms with E-state index in [1.54, 1.807) is 0 Å². The lowest BCUT2D eigenvalue weighted by Gasteiger charge is -2.29. The molecule has 6 nitrogen and oxygen atoms in total. The van der Waals surface area contributed by atoms with Crippen LogP contribution in [0.5, 0.6) is 0 Å². The smallest absolute Gasteiger partial charge is 0.290 e. The van der Waals surface area contributed by atoms with Gasteiger partial charge >= 0.3 is 0 Å². The van der Waals surface area contributed by atoms with Gasteiger partial charge in [0.2, 0.25) is 5.09 Å². The fraction of sp³-hybridized carbons (Fsp3) is 0.500. The van der Waals surface area contributed by atoms with Gasteiger partial charge in [-0.1, -0.05) is 30.7 Å². The minimum atomic E-state index is -3.68. The topological polar surface area (TPSA) is 70.8 Å². The molecule has 0 radical (unpaired) electrons. The fourth-order valence-electron chi connectivity index (χ4n) is 4.67. The van der Waals surface area contributed by atoms with Crippen molar-refractivity contribution >= 4 is 15.9 Å². The van der Waals surface area contributed by atoms with Crippen LogP contribution < -0.4 is 0 Å². The first-order chi connectivity index (χ1) is 14.1. The molecule has 0 bridgehead atoms. The van der Waals surface area contributed by atoms with Crippen molar-refractivity contribution in [3.05, 3.63) is 53.3 Å². The van der Waals surface area contributed by atoms with Gasteiger partial charge in [0.1, 0.15) is 0 Å². The van der Waals surface area contributed by atoms with E-state index in [1.807, 2.05) is 17.0 Å². The second-order valence-electron chi connectivity index (χ2n) is 8.28. The number of sulfonamides is 1. The number of carbonyl (C=O) groups excluding carboxylic acids is 1. The Morgan fingerprint density at radius 2 is 1.76 bits per heavy atom. The monoisotopic (exact) mass is 414 g/mol. The molecule has 2 aliphatic carbocycles. The quantitative estimate of drug-likeness (QED) is 0.747. The van der Waals surface area contributed by atoms with Crippen LogP contribution in [-0.4, -0.2) is 42.7 Å². The van der Waals surface area contributed by atoms with E-state index < -0.39 is 10.0 Å². The van der Waals surface area contributed by atoms with Gasteiger partial charge < -0.3 is 9.32 Å². The minimum Gasteiger partial charge on any atom is -0.438 e. The molecule has 2 heterocycles. The summed E-state index contributed by atoms with van der Waals surface area (Å²) in [7, 11) is -3.68. The number of fused-ring (bicyclic) bond motifs is 1. The maximum absolute atomic E-state index is 13.4. The molecule has 3 aliphatic rings. The summed E-state index contributed by atoms with van der Waals surface area (Å²) in [6.45, 7) is 1.03. The van der Waals surface area contributed by atoms with Crippen molar-refractivity contribution in [1.29, 1.82) is 0 Å². The number of rotatable bonds is 5. The maximum Gasteiger partial charge on any atom is 0.290 e. The highest BCUT2D eigenvalue weighted by atomic mass is 32.2. The normalized spacial score (nSPS) is 22.4. The van der Waals surface area contributed by atoms with Crippen LogP contribution in [0.25, 0.3) is 0 Å². The molecule has 5 rings (SSSR count). The van der Waals surface area contributed by atoms with Crippen molar-refractivity contribution in [3.63, 3.8) is 0 Å². The minimum absolute atomic E-state index is 0.0402. The maximum atomic E-state index is 13.4. The average Bonchev–Trinajstić information content (AvgIpc) is 3.28. The van der Waals surface area contributed by atoms with Crippen molar-refractivity contribution in [1.82, 2.24) is 9.21 Å². The van der Waals surface area contributed by atoms with Crippen molar-refractivity contribution < 1.29 is 17.6 Å². The zero-order chi connectivity index (χ0) is 20.0. The summed E-state index contributed by atoms with van der Waals surface area (Å²) in [6.07, 6.45) is 6.62. The van der Waals surface area contributed by atoms with E-state index in [4.69, 9.17) is 4.42 Å². The summed E-state index contributed by atoms with van der Waals surface area (Å²) in [5, 5.41) is -0.120. The Labute approximate surface area is 171 Å². The standard InChI is InChI=1S/C22H26N2O4S/c25-22(20-12-13-21(28-20)29(26,27)23-14-4-1-5-15-23)24(17-9-10-17)19-11-8-16-6-2-3-7-18(16)19/h2-3,6-7,12-13,17,19H,1,4-5,8-11,14-15H2. The zero-order valence-electron chi connectivity index (χ0n) is 16.4. The number of nitrogens with zero attached hydrogens (tertiary/aromatic N) is 2. The lowest BCUT2D eigenvalue weighted by molar-refractivity contribution is 0.0619. The van der Waals surface area contributed by atoms with Gasteiger partial charge in [0.15, 0.2) is 5.76 Å². The molecular formula is C22H26N2O4S. The number of amides is 1. The van der Waals surface area contributed by atoms with Crippen LogP contribution >= 0.6 is 0 Å². The Morgan fingerprint density at radius 3 is 2.52 bits per heavy atom. The van der Waals surface area contributed by atoms with Crippen LogP contribution in [0.4, 0.5) is 0 Å². The number of piperidine rings is 1. The SMILES string of the molecule is O=C(c1ccc(S(=O)(=O)N2CCCCC2)o1)N(C1CC1)C1CCc2ccccc21. The highest BCUT2D eigenvalue weighted by molar-refractivity contribution is 7.89. The molecule has 1 aromatic heterocycles. The molecule has 7 heteroatoms. The Balaban J connectivity index is 1.41. The van der Waals surface area contributed by atoms with Gasteiger partial charge in [-0.3, -0.25) is 4.79 Å². The van der Waals surface area contributed by atoms with Crippen molar-refractivity contribution in [2.24, 2.45) is 0 Å². The molecule has 1 atom stereocenters. The molecule has 29 heavy (non-hydrogen) atoms. The molecule has 1 amide bonds. The average molecular weight is 415 g/mol. The molecule has 1 aliphatic heterocycles. The molecule has 2 fully saturated rings. The lowest BCUT2D eigenvalue weighted by Crippen LogP contribution is -2.36. The fourth-order valence-corrected chi connectivity index (χ4v) is 6.10. The van der Waals surface area contributed by atoms with Gasteiger partial charge in [-0.05, 0) is 61.8 Å². The van der Waals surface area contributed by atoms with E-state index in [2.05, 4.69) is 12.1 Å². The molecule has 1 saturated carbocycles. The van der Waals surface area contributed by atoms with Crippen LogP contribution in [0.3, 0.4) is 0 Å². The van der Waals surface area contributed by atoms with E-state index in [9.17, 15) is 13.2 Å². The zero-order valence-corrected chi connectivity index (χ0v) is 17.2. The van der Waals surface area contributed by atoms with Crippen molar-refractivity contribution in [2.75, 3.05) is 13.1 Å². The van der Waals surface area contributed by atoms with E-state index in [-0.39, 0.29) is 28.8 Å². The second-order valence-corrected chi connectivity index (χ2v) is 10.1. The van der Waals surface area contributed by atoms with Crippen LogP contribution in [0.15, 0.2) is 45.9 Å². The van der Waals surface area contributed by atoms with E-state index >= 15 is 0 Å². The highest BCUT2D eigenvalue weighted by Crippen LogP contribution is 2.42. The summed E-state index contributed by atoms with van der Waals surface area (Å²) in [4.78, 5) is 15.3. The molecule has 1 saturated heterocycles. The number of hydrogen-bond acceptors (Lipinski definition) is 4. The van der Waals surface area contributed by atoms with Crippen LogP contribution in [-0.2, 0) is 16.4 Å². The van der Waals surface area contributed by atoms with Crippen LogP contribution in [0, 0.1) is 0 Å². The largest absolute Gasteiger partial charge is 0.438 e. The summed E-state index contributed by atoms with van der Waals surface area (Å²) in [5.41, 5.74) is 2.50. The summed E-state index contributed by atoms with van der Waals surface area (Å²) in [6, 6.07) is 11.5. The van der Waals surface area contributed by atoms with Crippen molar-refractivity contribution in [2.45, 2.75) is 62.1 Å². The third-order valence-corrected chi connectivity index (χ3v) is 8.09. The Morgan fingerprint density at radius 1 is 1.00 bits per heavy atom. The Kier molecular flexibility index (Phi) is 4.75. The molecule has 1 aromatic carbocycles. The molecule has 1 unspecified atom stereocenters. The van der Waals surface area contributed by atoms with Gasteiger partial charge in [0, 0.05) is 19.1 Å². The first-order valence-corrected chi connectivity index (χ1v) is 12.0. The van der Waals surface area contributed by atoms with Gasteiger partial charge in [-0.2, -0.15) is 4.31 Å². The van der Waals surface area contributed by atoms with E-state index in [0.717, 1.165) is 44.9 Å². The first-order valence-electron chi connectivity index (χ1n) is 10.6. The van der Waals surface area contributed by atoms with E-state index in [1.165, 1.54) is 27.6 Å². The van der Waals surface area contributed by atoms with Gasteiger partial charge in [0.05, 0.1) is 6.04 Å². The van der Waals surface area contributed by atoms with Crippen LogP contribution in [0.2, 0.25) is 0 Å². The number of benzene rings is 1. The first kappa shape index (κ1) is 18.9. The molecule has 0 N–H and O–H groups in total. The summed E-state index contributed by atoms with van der Waals surface area (Å²) >= 11 is 0. The predicted molar refractivity (Wildman–Crippen MR) is 108 cm³/mol. The molecule has 154 valence electrons. The number of carbonyl (C=O) groups is 1. The second kappa shape index (κ2) is 7.29. The molecular weight excluding hydrogens is 388 g/mol. The highest BCUT2D eigenvalue weighted by Gasteiger charge is 2.42. The molecule has 2 aromatic rings. The van der Waals surface area contributed by atoms with Gasteiger partial charge in [0.25, 0.3) is 15.9 Å².